The predicted molar refractivity (Wildman–Crippen MR) is 100.0 cm³/mol. The first kappa shape index (κ1) is 18.2. The van der Waals surface area contributed by atoms with Crippen LogP contribution in [0, 0.1) is 18.3 Å². The number of hydrogen-bond acceptors (Lipinski definition) is 3. The summed E-state index contributed by atoms with van der Waals surface area (Å²) >= 11 is 0. The molecule has 2 N–H and O–H groups in total. The molecule has 136 valence electrons. The molecule has 2 heterocycles. The summed E-state index contributed by atoms with van der Waals surface area (Å²) in [5, 5.41) is 6.38. The number of halogens is 1. The molecule has 6 heteroatoms. The van der Waals surface area contributed by atoms with Crippen LogP contribution in [-0.4, -0.2) is 37.5 Å². The average Bonchev–Trinajstić information content (AvgIpc) is 3.16. The average molecular weight is 364 g/mol. The molecule has 2 unspecified atom stereocenters. The normalized spacial score (nSPS) is 27.1. The highest BCUT2D eigenvalue weighted by atomic mass is 35.5. The second-order valence-corrected chi connectivity index (χ2v) is 7.54. The third-order valence-electron chi connectivity index (χ3n) is 5.97. The Morgan fingerprint density at radius 1 is 1.24 bits per heavy atom. The molecule has 1 spiro atoms. The largest absolute Gasteiger partial charge is 0.344 e. The van der Waals surface area contributed by atoms with Crippen LogP contribution in [0.3, 0.4) is 0 Å². The summed E-state index contributed by atoms with van der Waals surface area (Å²) < 4.78 is 0. The number of piperidine rings is 1. The minimum absolute atomic E-state index is 0. The van der Waals surface area contributed by atoms with Crippen molar-refractivity contribution >= 4 is 29.9 Å². The molecule has 1 aromatic carbocycles. The number of anilines is 1. The first-order valence-electron chi connectivity index (χ1n) is 8.98. The van der Waals surface area contributed by atoms with E-state index in [0.29, 0.717) is 13.0 Å². The van der Waals surface area contributed by atoms with Crippen molar-refractivity contribution in [3.8, 4) is 0 Å². The lowest BCUT2D eigenvalue weighted by Gasteiger charge is -2.23. The summed E-state index contributed by atoms with van der Waals surface area (Å²) in [6.45, 7) is 4.72. The van der Waals surface area contributed by atoms with Crippen molar-refractivity contribution in [2.24, 2.45) is 11.3 Å². The van der Waals surface area contributed by atoms with Gasteiger partial charge in [0, 0.05) is 18.2 Å². The molecule has 0 aromatic heterocycles. The van der Waals surface area contributed by atoms with Crippen LogP contribution in [0.4, 0.5) is 5.69 Å². The molecular weight excluding hydrogens is 338 g/mol. The van der Waals surface area contributed by atoms with Gasteiger partial charge in [-0.05, 0) is 63.2 Å². The van der Waals surface area contributed by atoms with Crippen LogP contribution in [0.2, 0.25) is 0 Å². The molecule has 1 aliphatic carbocycles. The highest BCUT2D eigenvalue weighted by Crippen LogP contribution is 2.58. The van der Waals surface area contributed by atoms with Gasteiger partial charge in [0.25, 0.3) is 0 Å². The lowest BCUT2D eigenvalue weighted by Crippen LogP contribution is -2.43. The van der Waals surface area contributed by atoms with Gasteiger partial charge in [-0.3, -0.25) is 9.59 Å². The van der Waals surface area contributed by atoms with Gasteiger partial charge < -0.3 is 15.5 Å². The van der Waals surface area contributed by atoms with Crippen molar-refractivity contribution in [3.63, 3.8) is 0 Å². The van der Waals surface area contributed by atoms with E-state index in [0.717, 1.165) is 38.0 Å². The van der Waals surface area contributed by atoms with Gasteiger partial charge in [0.05, 0.1) is 0 Å². The van der Waals surface area contributed by atoms with E-state index >= 15 is 0 Å². The minimum atomic E-state index is -0.363. The predicted octanol–water partition coefficient (Wildman–Crippen LogP) is 2.03. The van der Waals surface area contributed by atoms with Gasteiger partial charge in [-0.2, -0.15) is 0 Å². The highest BCUT2D eigenvalue weighted by Gasteiger charge is 2.58. The second-order valence-electron chi connectivity index (χ2n) is 7.54. The van der Waals surface area contributed by atoms with E-state index in [1.54, 1.807) is 4.90 Å². The van der Waals surface area contributed by atoms with Crippen molar-refractivity contribution in [2.75, 3.05) is 24.5 Å². The zero-order valence-electron chi connectivity index (χ0n) is 14.6. The molecule has 25 heavy (non-hydrogen) atoms. The summed E-state index contributed by atoms with van der Waals surface area (Å²) in [6, 6.07) is 7.61. The fourth-order valence-electron chi connectivity index (χ4n) is 4.26. The maximum absolute atomic E-state index is 12.6. The van der Waals surface area contributed by atoms with Gasteiger partial charge in [-0.15, -0.1) is 12.4 Å². The third-order valence-corrected chi connectivity index (χ3v) is 5.97. The summed E-state index contributed by atoms with van der Waals surface area (Å²) in [5.41, 5.74) is 2.31. The van der Waals surface area contributed by atoms with Crippen LogP contribution in [-0.2, 0) is 9.59 Å². The van der Waals surface area contributed by atoms with Crippen LogP contribution in [0.25, 0.3) is 0 Å². The SMILES string of the molecule is Cc1ccc(N2CCC(NC(=O)C3CC34CCNCC4)C2=O)cc1.Cl. The molecule has 2 aliphatic heterocycles. The molecule has 0 radical (unpaired) electrons. The van der Waals surface area contributed by atoms with E-state index < -0.39 is 0 Å². The first-order chi connectivity index (χ1) is 11.6. The van der Waals surface area contributed by atoms with Crippen LogP contribution < -0.4 is 15.5 Å². The number of nitrogens with one attached hydrogen (secondary N) is 2. The monoisotopic (exact) mass is 363 g/mol. The van der Waals surface area contributed by atoms with Gasteiger partial charge in [0.1, 0.15) is 6.04 Å². The second kappa shape index (κ2) is 6.96. The van der Waals surface area contributed by atoms with Crippen molar-refractivity contribution in [3.05, 3.63) is 29.8 Å². The van der Waals surface area contributed by atoms with Crippen LogP contribution in [0.1, 0.15) is 31.2 Å². The Hall–Kier alpha value is -1.59. The lowest BCUT2D eigenvalue weighted by atomic mass is 9.91. The van der Waals surface area contributed by atoms with E-state index in [2.05, 4.69) is 10.6 Å². The van der Waals surface area contributed by atoms with Crippen molar-refractivity contribution < 1.29 is 9.59 Å². The molecular formula is C19H26ClN3O2. The molecule has 2 amide bonds. The van der Waals surface area contributed by atoms with Crippen LogP contribution in [0.5, 0.6) is 0 Å². The number of rotatable bonds is 3. The zero-order valence-corrected chi connectivity index (χ0v) is 15.4. The minimum Gasteiger partial charge on any atom is -0.344 e. The number of aryl methyl sites for hydroxylation is 1. The molecule has 0 bridgehead atoms. The number of carbonyl (C=O) groups excluding carboxylic acids is 2. The van der Waals surface area contributed by atoms with Gasteiger partial charge in [-0.1, -0.05) is 17.7 Å². The highest BCUT2D eigenvalue weighted by molar-refractivity contribution is 6.01. The zero-order chi connectivity index (χ0) is 16.7. The number of amides is 2. The Labute approximate surface area is 154 Å². The summed E-state index contributed by atoms with van der Waals surface area (Å²) in [4.78, 5) is 27.0. The Morgan fingerprint density at radius 2 is 1.92 bits per heavy atom. The molecule has 5 nitrogen and oxygen atoms in total. The van der Waals surface area contributed by atoms with Gasteiger partial charge in [0.15, 0.2) is 0 Å². The fraction of sp³-hybridized carbons (Fsp3) is 0.579. The third kappa shape index (κ3) is 3.40. The van der Waals surface area contributed by atoms with E-state index in [9.17, 15) is 9.59 Å². The number of benzene rings is 1. The summed E-state index contributed by atoms with van der Waals surface area (Å²) in [6.07, 6.45) is 3.85. The van der Waals surface area contributed by atoms with Gasteiger partial charge in [0.2, 0.25) is 11.8 Å². The molecule has 4 rings (SSSR count). The Morgan fingerprint density at radius 3 is 2.60 bits per heavy atom. The van der Waals surface area contributed by atoms with E-state index in [1.807, 2.05) is 31.2 Å². The summed E-state index contributed by atoms with van der Waals surface area (Å²) in [5.74, 6) is 0.217. The van der Waals surface area contributed by atoms with Gasteiger partial charge in [-0.25, -0.2) is 0 Å². The maximum atomic E-state index is 12.6. The number of nitrogens with zero attached hydrogens (tertiary/aromatic N) is 1. The quantitative estimate of drug-likeness (QED) is 0.863. The van der Waals surface area contributed by atoms with E-state index in [-0.39, 0.29) is 41.6 Å². The maximum Gasteiger partial charge on any atom is 0.249 e. The lowest BCUT2D eigenvalue weighted by molar-refractivity contribution is -0.127. The topological polar surface area (TPSA) is 61.4 Å². The van der Waals surface area contributed by atoms with E-state index in [4.69, 9.17) is 0 Å². The molecule has 1 saturated carbocycles. The summed E-state index contributed by atoms with van der Waals surface area (Å²) in [7, 11) is 0. The van der Waals surface area contributed by atoms with Crippen molar-refractivity contribution in [2.45, 2.75) is 38.6 Å². The molecule has 2 saturated heterocycles. The number of carbonyl (C=O) groups is 2. The molecule has 2 atom stereocenters. The Kier molecular flexibility index (Phi) is 5.07. The van der Waals surface area contributed by atoms with E-state index in [1.165, 1.54) is 5.56 Å². The van der Waals surface area contributed by atoms with Crippen molar-refractivity contribution in [1.82, 2.24) is 10.6 Å². The van der Waals surface area contributed by atoms with Crippen molar-refractivity contribution in [1.29, 1.82) is 0 Å². The fourth-order valence-corrected chi connectivity index (χ4v) is 4.26. The van der Waals surface area contributed by atoms with Crippen LogP contribution >= 0.6 is 12.4 Å². The van der Waals surface area contributed by atoms with Gasteiger partial charge >= 0.3 is 0 Å². The smallest absolute Gasteiger partial charge is 0.249 e. The molecule has 3 fully saturated rings. The molecule has 1 aromatic rings. The Balaban J connectivity index is 0.00000182. The van der Waals surface area contributed by atoms with Crippen LogP contribution in [0.15, 0.2) is 24.3 Å². The first-order valence-corrected chi connectivity index (χ1v) is 8.98. The standard InChI is InChI=1S/C19H25N3O2.ClH/c1-13-2-4-14(5-3-13)22-11-6-16(18(22)24)21-17(23)15-12-19(15)7-9-20-10-8-19;/h2-5,15-16,20H,6-12H2,1H3,(H,21,23);1H. The Bertz CT molecular complexity index is 655. The number of hydrogen-bond donors (Lipinski definition) is 2. The molecule has 3 aliphatic rings.